The molecule has 0 saturated carbocycles. The van der Waals surface area contributed by atoms with Crippen molar-refractivity contribution in [2.24, 2.45) is 70.5 Å². The number of carbonyl (C=O) groups excluding carboxylic acids is 7. The van der Waals surface area contributed by atoms with E-state index in [1.165, 1.54) is 0 Å². The SMILES string of the molecule is CCC1O[C@H](OCCOCCOCCOCCN/C=C(\N)CCC(=O)CCCCCC(=O)CCOCC(COCCC(=O)CCCCCC(=O)CC/C(N)=C/NCCOCCOCCOCCO[C@H]2OC(CC)[C@@H](C)[C@H](C)C2C)(COCCC(=O)NCCCCC(=O)CC/C(N)=C/NCCOCCOCCOCCO[C@H]2OC(CC)[C@@H](C)[C@H](C)C2C)NC(=O)CCCCCn2ccnn2)C(C)[C@@H](C)[C@@H]1C. The summed E-state index contributed by atoms with van der Waals surface area (Å²) in [7, 11) is 0. The number of Topliss-reactive ketones (excluding diaryl/α,β-unsaturated/α-hetero) is 5. The molecule has 0 aromatic carbocycles. The number of allylic oxidation sites excluding steroid dienone is 3. The van der Waals surface area contributed by atoms with Crippen LogP contribution in [0.5, 0.6) is 0 Å². The number of nitrogens with one attached hydrogen (secondary N) is 5. The van der Waals surface area contributed by atoms with Crippen LogP contribution in [0.2, 0.25) is 0 Å². The lowest BCUT2D eigenvalue weighted by atomic mass is 9.78. The number of hydrogen-bond acceptors (Lipinski definition) is 33. The summed E-state index contributed by atoms with van der Waals surface area (Å²) >= 11 is 0. The Bertz CT molecular complexity index is 3140. The average molecular weight is 1990 g/mol. The molecule has 1 aromatic rings. The molecule has 0 spiro atoms. The lowest BCUT2D eigenvalue weighted by Crippen LogP contribution is -2.58. The Hall–Kier alpha value is -6.27. The quantitative estimate of drug-likeness (QED) is 0.0281. The van der Waals surface area contributed by atoms with Crippen molar-refractivity contribution in [3.8, 4) is 0 Å². The molecule has 140 heavy (non-hydrogen) atoms. The van der Waals surface area contributed by atoms with Gasteiger partial charge in [-0.3, -0.25) is 38.2 Å². The largest absolute Gasteiger partial charge is 0.401 e. The van der Waals surface area contributed by atoms with Crippen LogP contribution in [0.3, 0.4) is 0 Å². The zero-order valence-corrected chi connectivity index (χ0v) is 88.0. The van der Waals surface area contributed by atoms with E-state index in [1.807, 2.05) is 0 Å². The number of hydrogen-bond donors (Lipinski definition) is 8. The van der Waals surface area contributed by atoms with Gasteiger partial charge >= 0.3 is 0 Å². The van der Waals surface area contributed by atoms with Gasteiger partial charge in [-0.1, -0.05) is 108 Å². The number of ether oxygens (including phenoxy) is 18. The molecule has 3 aliphatic heterocycles. The van der Waals surface area contributed by atoms with Gasteiger partial charge in [-0.2, -0.15) is 0 Å². The molecule has 3 fully saturated rings. The highest BCUT2D eigenvalue weighted by Crippen LogP contribution is 2.39. The maximum absolute atomic E-state index is 14.0. The molecule has 3 aliphatic rings. The highest BCUT2D eigenvalue weighted by Gasteiger charge is 2.42. The lowest BCUT2D eigenvalue weighted by Gasteiger charge is -2.43. The molecule has 15 atom stereocenters. The maximum atomic E-state index is 14.0. The minimum Gasteiger partial charge on any atom is -0.401 e. The Morgan fingerprint density at radius 1 is 0.314 bits per heavy atom. The van der Waals surface area contributed by atoms with Crippen LogP contribution in [0.25, 0.3) is 0 Å². The fourth-order valence-electron chi connectivity index (χ4n) is 16.8. The first-order valence-electron chi connectivity index (χ1n) is 53.1. The van der Waals surface area contributed by atoms with Crippen LogP contribution in [0.1, 0.15) is 269 Å². The second-order valence-corrected chi connectivity index (χ2v) is 38.1. The molecule has 2 amide bonds. The Labute approximate surface area is 838 Å². The Balaban J connectivity index is 1.15. The van der Waals surface area contributed by atoms with Crippen molar-refractivity contribution < 1.29 is 119 Å². The smallest absolute Gasteiger partial charge is 0.222 e. The van der Waals surface area contributed by atoms with Gasteiger partial charge < -0.3 is 129 Å². The summed E-state index contributed by atoms with van der Waals surface area (Å²) in [5, 5.41) is 23.4. The maximum Gasteiger partial charge on any atom is 0.222 e. The number of nitrogens with two attached hydrogens (primary N) is 3. The molecule has 4 heterocycles. The summed E-state index contributed by atoms with van der Waals surface area (Å²) in [6, 6.07) is 0. The summed E-state index contributed by atoms with van der Waals surface area (Å²) in [6.45, 7) is 38.5. The predicted molar refractivity (Wildman–Crippen MR) is 537 cm³/mol. The molecular formula is C104H189N11O25. The van der Waals surface area contributed by atoms with E-state index in [2.05, 4.69) is 120 Å². The first kappa shape index (κ1) is 126. The van der Waals surface area contributed by atoms with Crippen molar-refractivity contribution in [2.75, 3.05) is 205 Å². The third kappa shape index (κ3) is 60.0. The van der Waals surface area contributed by atoms with E-state index in [0.29, 0.717) is 370 Å². The predicted octanol–water partition coefficient (Wildman–Crippen LogP) is 11.8. The molecule has 0 aliphatic carbocycles. The number of unbranched alkanes of at least 4 members (excludes halogenated alkanes) is 7. The number of carbonyl (C=O) groups is 7. The topological polar surface area (TPSA) is 455 Å². The van der Waals surface area contributed by atoms with Gasteiger partial charge in [0.05, 0.1) is 203 Å². The van der Waals surface area contributed by atoms with E-state index in [9.17, 15) is 33.6 Å². The van der Waals surface area contributed by atoms with Gasteiger partial charge in [-0.25, -0.2) is 0 Å². The summed E-state index contributed by atoms with van der Waals surface area (Å²) in [5.41, 5.74) is 19.0. The molecule has 3 saturated heterocycles. The van der Waals surface area contributed by atoms with Crippen LogP contribution >= 0.6 is 0 Å². The van der Waals surface area contributed by atoms with Gasteiger partial charge in [0.1, 0.15) is 34.5 Å². The highest BCUT2D eigenvalue weighted by molar-refractivity contribution is 5.80. The monoisotopic (exact) mass is 1990 g/mol. The van der Waals surface area contributed by atoms with E-state index >= 15 is 0 Å². The van der Waals surface area contributed by atoms with E-state index in [4.69, 9.17) is 102 Å². The normalized spacial score (nSPS) is 22.3. The zero-order valence-electron chi connectivity index (χ0n) is 88.0. The standard InChI is InChI=1S/C104H189N11O25/c1-13-96-82(7)79(4)85(10)101(138-96)135-70-67-129-64-61-126-58-55-123-52-44-108-73-88(105)33-36-91(116)27-19-16-21-29-94(119)39-49-132-76-104(113-100(122)32-23-18-26-47-115-48-43-112-114-115,77-133-50-40-95(120)30-22-17-20-28-92(117)37-34-89(106)74-109-45-53-124-56-59-127-62-65-130-68-71-136-102-86(11)80(5)83(8)97(14-2)139-102)78-134-51-41-99(121)111-42-25-24-31-93(118)38-35-90(107)75-110-46-54-125-57-60-128-63-66-131-69-72-137-103-87(12)81(6)84(9)98(15-3)140-103/h43,48,73-75,79-87,96-98,101-103,108-110H,13-42,44-47,49-72,76-78,105-107H2,1-12H3,(H,111,121)(H,113,122)/b88-73-,89-74-,90-75-/t79-,80-,81-,82-,83-,84-,85?,86?,87?,96?,97?,98?,101-,102-,103-,104?/m0/s1. The van der Waals surface area contributed by atoms with E-state index in [0.717, 1.165) is 32.1 Å². The molecule has 0 radical (unpaired) electrons. The van der Waals surface area contributed by atoms with Gasteiger partial charge in [0.2, 0.25) is 11.8 Å². The molecule has 4 rings (SSSR count). The van der Waals surface area contributed by atoms with Crippen molar-refractivity contribution in [3.05, 3.63) is 48.1 Å². The number of nitrogens with zero attached hydrogens (tertiary/aromatic N) is 3. The first-order chi connectivity index (χ1) is 67.8. The van der Waals surface area contributed by atoms with Crippen LogP contribution in [-0.4, -0.2) is 303 Å². The molecule has 6 unspecified atom stereocenters. The molecule has 36 heteroatoms. The van der Waals surface area contributed by atoms with Crippen LogP contribution in [0, 0.1) is 53.3 Å². The second-order valence-electron chi connectivity index (χ2n) is 38.1. The number of ketones is 5. The van der Waals surface area contributed by atoms with E-state index in [-0.39, 0.29) is 143 Å². The zero-order chi connectivity index (χ0) is 102. The van der Waals surface area contributed by atoms with Crippen LogP contribution in [-0.2, 0) is 125 Å². The van der Waals surface area contributed by atoms with Gasteiger partial charge in [0, 0.05) is 169 Å². The van der Waals surface area contributed by atoms with Gasteiger partial charge in [-0.15, -0.1) is 5.10 Å². The highest BCUT2D eigenvalue weighted by atomic mass is 16.7. The van der Waals surface area contributed by atoms with E-state index < -0.39 is 5.54 Å². The van der Waals surface area contributed by atoms with Crippen LogP contribution in [0.15, 0.2) is 48.1 Å². The van der Waals surface area contributed by atoms with Crippen LogP contribution in [0.4, 0.5) is 0 Å². The second kappa shape index (κ2) is 80.9. The fraction of sp³-hybridized carbons (Fsp3) is 0.856. The molecule has 1 aromatic heterocycles. The Morgan fingerprint density at radius 3 is 0.943 bits per heavy atom. The summed E-state index contributed by atoms with van der Waals surface area (Å²) in [4.78, 5) is 92.3. The van der Waals surface area contributed by atoms with Crippen molar-refractivity contribution in [1.29, 1.82) is 0 Å². The van der Waals surface area contributed by atoms with E-state index in [1.54, 1.807) is 35.7 Å². The lowest BCUT2D eigenvalue weighted by molar-refractivity contribution is -0.251. The van der Waals surface area contributed by atoms with Crippen molar-refractivity contribution in [3.63, 3.8) is 0 Å². The van der Waals surface area contributed by atoms with Crippen LogP contribution < -0.4 is 43.8 Å². The summed E-state index contributed by atoms with van der Waals surface area (Å²) in [6.07, 6.45) is 22.8. The molecule has 36 nitrogen and oxygen atoms in total. The summed E-state index contributed by atoms with van der Waals surface area (Å²) < 4.78 is 108. The molecule has 810 valence electrons. The molecule has 0 bridgehead atoms. The Morgan fingerprint density at radius 2 is 0.614 bits per heavy atom. The minimum absolute atomic E-state index is 0.000333. The van der Waals surface area contributed by atoms with Crippen molar-refractivity contribution in [2.45, 2.75) is 319 Å². The van der Waals surface area contributed by atoms with Crippen molar-refractivity contribution in [1.82, 2.24) is 41.6 Å². The number of amides is 2. The van der Waals surface area contributed by atoms with Gasteiger partial charge in [0.25, 0.3) is 0 Å². The third-order valence-electron chi connectivity index (χ3n) is 26.9. The molecular weight excluding hydrogens is 1800 g/mol. The number of rotatable bonds is 93. The average Bonchev–Trinajstić information content (AvgIpc) is 0.883. The van der Waals surface area contributed by atoms with Gasteiger partial charge in [0.15, 0.2) is 18.9 Å². The molecule has 11 N–H and O–H groups in total. The first-order valence-corrected chi connectivity index (χ1v) is 53.1. The van der Waals surface area contributed by atoms with Crippen molar-refractivity contribution >= 4 is 40.7 Å². The fourth-order valence-corrected chi connectivity index (χ4v) is 16.8. The third-order valence-corrected chi connectivity index (χ3v) is 26.9. The summed E-state index contributed by atoms with van der Waals surface area (Å²) in [5.74, 6) is 3.76. The Kier molecular flexibility index (Phi) is 72.8. The van der Waals surface area contributed by atoms with Gasteiger partial charge in [-0.05, 0) is 125 Å². The number of aromatic nitrogens is 3. The number of aryl methyl sites for hydroxylation is 1. The minimum atomic E-state index is -1.29.